The van der Waals surface area contributed by atoms with Gasteiger partial charge < -0.3 is 10.1 Å². The number of hydrogen-bond acceptors (Lipinski definition) is 4. The lowest BCUT2D eigenvalue weighted by Gasteiger charge is -2.20. The van der Waals surface area contributed by atoms with Gasteiger partial charge in [-0.15, -0.1) is 0 Å². The third kappa shape index (κ3) is 3.36. The number of fused-ring (bicyclic) bond motifs is 1. The molecule has 0 atom stereocenters. The van der Waals surface area contributed by atoms with E-state index >= 15 is 0 Å². The van der Waals surface area contributed by atoms with Gasteiger partial charge in [0.1, 0.15) is 11.4 Å². The molecule has 0 unspecified atom stereocenters. The summed E-state index contributed by atoms with van der Waals surface area (Å²) in [4.78, 5) is 0.246. The van der Waals surface area contributed by atoms with Crippen LogP contribution in [0.4, 0.5) is 0 Å². The van der Waals surface area contributed by atoms with Gasteiger partial charge in [-0.2, -0.15) is 0 Å². The molecule has 2 rings (SSSR count). The minimum absolute atomic E-state index is 0.0293. The zero-order chi connectivity index (χ0) is 18.4. The van der Waals surface area contributed by atoms with E-state index in [1.165, 1.54) is 0 Å². The molecule has 0 radical (unpaired) electrons. The SMILES string of the molecule is Cc1c(C)c(S(=O)(=O)NC(=N)NC(C)C)c(C)c2c1OC(C)(C)C2. The molecule has 1 aromatic rings. The molecule has 1 heterocycles. The van der Waals surface area contributed by atoms with Crippen LogP contribution in [0.5, 0.6) is 5.75 Å². The van der Waals surface area contributed by atoms with Gasteiger partial charge in [-0.3, -0.25) is 5.41 Å². The lowest BCUT2D eigenvalue weighted by molar-refractivity contribution is 0.137. The van der Waals surface area contributed by atoms with Crippen LogP contribution in [0.2, 0.25) is 0 Å². The summed E-state index contributed by atoms with van der Waals surface area (Å²) in [6.07, 6.45) is 0.666. The molecule has 134 valence electrons. The summed E-state index contributed by atoms with van der Waals surface area (Å²) in [5.41, 5.74) is 2.79. The van der Waals surface area contributed by atoms with Gasteiger partial charge in [0.15, 0.2) is 0 Å². The van der Waals surface area contributed by atoms with E-state index in [9.17, 15) is 8.42 Å². The highest BCUT2D eigenvalue weighted by Gasteiger charge is 2.36. The van der Waals surface area contributed by atoms with Gasteiger partial charge in [-0.1, -0.05) is 0 Å². The highest BCUT2D eigenvalue weighted by Crippen LogP contribution is 2.43. The Balaban J connectivity index is 2.53. The fraction of sp³-hybridized carbons (Fsp3) is 0.588. The topological polar surface area (TPSA) is 91.3 Å². The zero-order valence-corrected chi connectivity index (χ0v) is 16.2. The molecule has 0 aliphatic carbocycles. The van der Waals surface area contributed by atoms with Crippen molar-refractivity contribution in [3.8, 4) is 5.75 Å². The summed E-state index contributed by atoms with van der Waals surface area (Å²) in [6, 6.07) is -0.0293. The lowest BCUT2D eigenvalue weighted by Crippen LogP contribution is -2.43. The van der Waals surface area contributed by atoms with Crippen LogP contribution in [0, 0.1) is 26.2 Å². The predicted octanol–water partition coefficient (Wildman–Crippen LogP) is 2.54. The second kappa shape index (κ2) is 5.95. The number of nitrogens with one attached hydrogen (secondary N) is 3. The third-order valence-electron chi connectivity index (χ3n) is 4.23. The number of sulfonamides is 1. The van der Waals surface area contributed by atoms with E-state index in [1.807, 2.05) is 41.5 Å². The number of benzene rings is 1. The lowest BCUT2D eigenvalue weighted by atomic mass is 9.94. The fourth-order valence-electron chi connectivity index (χ4n) is 3.15. The van der Waals surface area contributed by atoms with Crippen LogP contribution in [-0.2, 0) is 16.4 Å². The molecular weight excluding hydrogens is 326 g/mol. The van der Waals surface area contributed by atoms with E-state index in [2.05, 4.69) is 10.0 Å². The minimum atomic E-state index is -3.84. The normalized spacial score (nSPS) is 15.8. The molecule has 0 aromatic heterocycles. The van der Waals surface area contributed by atoms with Crippen molar-refractivity contribution < 1.29 is 13.2 Å². The van der Waals surface area contributed by atoms with Crippen LogP contribution in [-0.4, -0.2) is 26.0 Å². The van der Waals surface area contributed by atoms with Gasteiger partial charge in [0.25, 0.3) is 10.0 Å². The summed E-state index contributed by atoms with van der Waals surface area (Å²) in [5.74, 6) is 0.572. The summed E-state index contributed by atoms with van der Waals surface area (Å²) in [5, 5.41) is 10.6. The van der Waals surface area contributed by atoms with E-state index in [0.717, 1.165) is 16.9 Å². The first kappa shape index (κ1) is 18.6. The maximum Gasteiger partial charge on any atom is 0.264 e. The van der Waals surface area contributed by atoms with Crippen LogP contribution in [0.1, 0.15) is 49.9 Å². The average molecular weight is 353 g/mol. The maximum atomic E-state index is 12.8. The average Bonchev–Trinajstić information content (AvgIpc) is 2.70. The molecule has 0 saturated heterocycles. The minimum Gasteiger partial charge on any atom is -0.487 e. The monoisotopic (exact) mass is 353 g/mol. The van der Waals surface area contributed by atoms with Crippen molar-refractivity contribution in [2.75, 3.05) is 0 Å². The van der Waals surface area contributed by atoms with Crippen LogP contribution in [0.3, 0.4) is 0 Å². The van der Waals surface area contributed by atoms with E-state index in [1.54, 1.807) is 6.92 Å². The van der Waals surface area contributed by atoms with Crippen LogP contribution in [0.25, 0.3) is 0 Å². The number of ether oxygens (including phenoxy) is 1. The molecule has 1 aliphatic rings. The molecule has 24 heavy (non-hydrogen) atoms. The van der Waals surface area contributed by atoms with Gasteiger partial charge in [0.05, 0.1) is 4.90 Å². The van der Waals surface area contributed by atoms with Crippen LogP contribution >= 0.6 is 0 Å². The Bertz CT molecular complexity index is 796. The second-order valence-corrected chi connectivity index (χ2v) is 8.95. The van der Waals surface area contributed by atoms with Crippen molar-refractivity contribution in [2.45, 2.75) is 71.4 Å². The van der Waals surface area contributed by atoms with Gasteiger partial charge in [0.2, 0.25) is 5.96 Å². The highest BCUT2D eigenvalue weighted by atomic mass is 32.2. The number of rotatable bonds is 3. The molecule has 0 spiro atoms. The summed E-state index contributed by atoms with van der Waals surface area (Å²) in [6.45, 7) is 13.2. The number of hydrogen-bond donors (Lipinski definition) is 3. The van der Waals surface area contributed by atoms with Crippen molar-refractivity contribution in [3.05, 3.63) is 22.3 Å². The molecule has 1 aromatic carbocycles. The predicted molar refractivity (Wildman–Crippen MR) is 95.4 cm³/mol. The summed E-state index contributed by atoms with van der Waals surface area (Å²) < 4.78 is 34.0. The quantitative estimate of drug-likeness (QED) is 0.575. The molecule has 0 amide bonds. The Labute approximate surface area is 144 Å². The van der Waals surface area contributed by atoms with Crippen molar-refractivity contribution in [3.63, 3.8) is 0 Å². The first-order valence-corrected chi connectivity index (χ1v) is 9.53. The van der Waals surface area contributed by atoms with Gasteiger partial charge in [0, 0.05) is 18.0 Å². The molecular formula is C17H27N3O3S. The molecule has 0 bridgehead atoms. The van der Waals surface area contributed by atoms with E-state index in [0.29, 0.717) is 17.5 Å². The Morgan fingerprint density at radius 3 is 2.29 bits per heavy atom. The Morgan fingerprint density at radius 2 is 1.75 bits per heavy atom. The van der Waals surface area contributed by atoms with Gasteiger partial charge in [-0.05, 0) is 65.2 Å². The van der Waals surface area contributed by atoms with Crippen molar-refractivity contribution in [1.29, 1.82) is 5.41 Å². The molecule has 0 saturated carbocycles. The molecule has 6 nitrogen and oxygen atoms in total. The van der Waals surface area contributed by atoms with Crippen molar-refractivity contribution >= 4 is 16.0 Å². The standard InChI is InChI=1S/C17H27N3O3S/c1-9(2)19-16(18)20-24(21,22)15-11(4)10(3)14-13(12(15)5)8-17(6,7)23-14/h9H,8H2,1-7H3,(H3,18,19,20). The van der Waals surface area contributed by atoms with Crippen molar-refractivity contribution in [1.82, 2.24) is 10.0 Å². The first-order valence-electron chi connectivity index (χ1n) is 8.05. The molecule has 1 aliphatic heterocycles. The fourth-order valence-corrected chi connectivity index (χ4v) is 4.66. The van der Waals surface area contributed by atoms with E-state index < -0.39 is 10.0 Å². The maximum absolute atomic E-state index is 12.8. The molecule has 0 fully saturated rings. The van der Waals surface area contributed by atoms with E-state index in [4.69, 9.17) is 10.1 Å². The highest BCUT2D eigenvalue weighted by molar-refractivity contribution is 7.90. The van der Waals surface area contributed by atoms with Gasteiger partial charge >= 0.3 is 0 Å². The first-order chi connectivity index (χ1) is 10.9. The third-order valence-corrected chi connectivity index (χ3v) is 5.85. The Hall–Kier alpha value is -1.76. The summed E-state index contributed by atoms with van der Waals surface area (Å²) >= 11 is 0. The Morgan fingerprint density at radius 1 is 1.17 bits per heavy atom. The molecule has 7 heteroatoms. The second-order valence-electron chi connectivity index (χ2n) is 7.33. The van der Waals surface area contributed by atoms with E-state index in [-0.39, 0.29) is 22.5 Å². The van der Waals surface area contributed by atoms with Crippen LogP contribution in [0.15, 0.2) is 4.90 Å². The smallest absolute Gasteiger partial charge is 0.264 e. The van der Waals surface area contributed by atoms with Crippen molar-refractivity contribution in [2.24, 2.45) is 0 Å². The molecule has 3 N–H and O–H groups in total. The largest absolute Gasteiger partial charge is 0.487 e. The summed E-state index contributed by atoms with van der Waals surface area (Å²) in [7, 11) is -3.84. The zero-order valence-electron chi connectivity index (χ0n) is 15.4. The van der Waals surface area contributed by atoms with Gasteiger partial charge in [-0.25, -0.2) is 13.1 Å². The Kier molecular flexibility index (Phi) is 4.61. The van der Waals surface area contributed by atoms with Crippen LogP contribution < -0.4 is 14.8 Å². The number of guanidine groups is 1.